The molecule has 78 valence electrons. The molecule has 3 rings (SSSR count). The number of nitrogens with zero attached hydrogens (tertiary/aromatic N) is 2. The van der Waals surface area contributed by atoms with Crippen LogP contribution in [-0.4, -0.2) is 24.0 Å². The van der Waals surface area contributed by atoms with Crippen LogP contribution in [0.4, 0.5) is 5.82 Å². The molecule has 2 aliphatic rings. The molecule has 2 N–H and O–H groups in total. The average molecular weight is 203 g/mol. The highest BCUT2D eigenvalue weighted by molar-refractivity contribution is 5.98. The first kappa shape index (κ1) is 8.85. The van der Waals surface area contributed by atoms with Gasteiger partial charge in [-0.2, -0.15) is 0 Å². The Bertz CT molecular complexity index is 432. The zero-order valence-electron chi connectivity index (χ0n) is 8.55. The molecule has 0 aromatic carbocycles. The van der Waals surface area contributed by atoms with E-state index in [1.54, 1.807) is 18.1 Å². The third kappa shape index (κ3) is 1.11. The second-order valence-corrected chi connectivity index (χ2v) is 4.35. The van der Waals surface area contributed by atoms with Crippen molar-refractivity contribution in [1.82, 2.24) is 4.98 Å². The first-order chi connectivity index (χ1) is 7.20. The summed E-state index contributed by atoms with van der Waals surface area (Å²) in [5.41, 5.74) is 7.09. The van der Waals surface area contributed by atoms with E-state index in [-0.39, 0.29) is 11.9 Å². The van der Waals surface area contributed by atoms with Crippen LogP contribution in [0.25, 0.3) is 0 Å². The predicted molar refractivity (Wildman–Crippen MR) is 56.5 cm³/mol. The number of nitrogens with two attached hydrogens (primary N) is 1. The molecular formula is C11H13N3O. The zero-order chi connectivity index (χ0) is 10.6. The first-order valence-electron chi connectivity index (χ1n) is 5.18. The Kier molecular flexibility index (Phi) is 1.65. The molecule has 15 heavy (non-hydrogen) atoms. The molecule has 3 atom stereocenters. The number of rotatable bonds is 0. The van der Waals surface area contributed by atoms with E-state index in [0.717, 1.165) is 12.2 Å². The quantitative estimate of drug-likeness (QED) is 0.667. The molecule has 1 aromatic heterocycles. The Morgan fingerprint density at radius 1 is 1.60 bits per heavy atom. The Hall–Kier alpha value is -1.42. The summed E-state index contributed by atoms with van der Waals surface area (Å²) in [5, 5.41) is 0. The number of aromatic nitrogens is 1. The van der Waals surface area contributed by atoms with Gasteiger partial charge in [-0.3, -0.25) is 9.69 Å². The number of likely N-dealkylation sites (N-methyl/N-ethyl adjacent to an activating group) is 1. The van der Waals surface area contributed by atoms with E-state index in [4.69, 9.17) is 5.73 Å². The van der Waals surface area contributed by atoms with E-state index in [1.807, 2.05) is 6.07 Å². The third-order valence-electron chi connectivity index (χ3n) is 3.45. The number of fused-ring (bicyclic) bond motifs is 3. The Morgan fingerprint density at radius 3 is 3.20 bits per heavy atom. The predicted octanol–water partition coefficient (Wildman–Crippen LogP) is 0.489. The van der Waals surface area contributed by atoms with Crippen molar-refractivity contribution >= 4 is 11.7 Å². The standard InChI is InChI=1S/C11H13N3O/c1-14-10-6(3-2-4-13-10)7-5-8(7)9(12)11(14)15/h2-4,7-9H,5,12H2,1H3/t7?,8-,9-/m0/s1. The van der Waals surface area contributed by atoms with Crippen molar-refractivity contribution in [3.63, 3.8) is 0 Å². The molecule has 0 radical (unpaired) electrons. The zero-order valence-corrected chi connectivity index (χ0v) is 8.55. The highest BCUT2D eigenvalue weighted by Crippen LogP contribution is 2.53. The number of hydrogen-bond donors (Lipinski definition) is 1. The molecule has 0 saturated heterocycles. The molecule has 2 heterocycles. The molecule has 1 unspecified atom stereocenters. The fourth-order valence-electron chi connectivity index (χ4n) is 2.46. The molecular weight excluding hydrogens is 190 g/mol. The average Bonchev–Trinajstić information content (AvgIpc) is 3.05. The molecule has 4 heteroatoms. The van der Waals surface area contributed by atoms with Crippen LogP contribution in [0.3, 0.4) is 0 Å². The summed E-state index contributed by atoms with van der Waals surface area (Å²) in [6, 6.07) is 3.62. The van der Waals surface area contributed by atoms with Crippen LogP contribution in [0.5, 0.6) is 0 Å². The van der Waals surface area contributed by atoms with Crippen molar-refractivity contribution < 1.29 is 4.79 Å². The lowest BCUT2D eigenvalue weighted by Crippen LogP contribution is -2.42. The molecule has 4 nitrogen and oxygen atoms in total. The van der Waals surface area contributed by atoms with Crippen LogP contribution in [0.2, 0.25) is 0 Å². The van der Waals surface area contributed by atoms with E-state index < -0.39 is 0 Å². The molecule has 1 saturated carbocycles. The van der Waals surface area contributed by atoms with Gasteiger partial charge in [0.1, 0.15) is 5.82 Å². The SMILES string of the molecule is CN1C(=O)[C@@H](N)[C@H]2CC2c2cccnc21. The fraction of sp³-hybridized carbons (Fsp3) is 0.455. The Labute approximate surface area is 88.1 Å². The molecule has 1 aliphatic heterocycles. The van der Waals surface area contributed by atoms with Crippen molar-refractivity contribution in [2.75, 3.05) is 11.9 Å². The summed E-state index contributed by atoms with van der Waals surface area (Å²) >= 11 is 0. The van der Waals surface area contributed by atoms with Crippen LogP contribution >= 0.6 is 0 Å². The van der Waals surface area contributed by atoms with E-state index in [0.29, 0.717) is 11.8 Å². The molecule has 1 aliphatic carbocycles. The molecule has 1 aromatic rings. The van der Waals surface area contributed by atoms with Gasteiger partial charge in [0.2, 0.25) is 5.91 Å². The van der Waals surface area contributed by atoms with Gasteiger partial charge in [-0.25, -0.2) is 4.98 Å². The largest absolute Gasteiger partial charge is 0.320 e. The van der Waals surface area contributed by atoms with E-state index in [1.165, 1.54) is 5.56 Å². The maximum absolute atomic E-state index is 11.9. The fourth-order valence-corrected chi connectivity index (χ4v) is 2.46. The molecule has 1 amide bonds. The van der Waals surface area contributed by atoms with E-state index >= 15 is 0 Å². The van der Waals surface area contributed by atoms with Crippen LogP contribution in [-0.2, 0) is 4.79 Å². The Morgan fingerprint density at radius 2 is 2.40 bits per heavy atom. The van der Waals surface area contributed by atoms with Crippen molar-refractivity contribution in [1.29, 1.82) is 0 Å². The van der Waals surface area contributed by atoms with Gasteiger partial charge < -0.3 is 5.73 Å². The number of hydrogen-bond acceptors (Lipinski definition) is 3. The van der Waals surface area contributed by atoms with Gasteiger partial charge in [0.05, 0.1) is 6.04 Å². The van der Waals surface area contributed by atoms with Crippen molar-refractivity contribution in [2.24, 2.45) is 11.7 Å². The van der Waals surface area contributed by atoms with Gasteiger partial charge in [0.15, 0.2) is 0 Å². The number of carbonyl (C=O) groups is 1. The second-order valence-electron chi connectivity index (χ2n) is 4.35. The van der Waals surface area contributed by atoms with Gasteiger partial charge in [-0.15, -0.1) is 0 Å². The summed E-state index contributed by atoms with van der Waals surface area (Å²) < 4.78 is 0. The minimum atomic E-state index is -0.353. The van der Waals surface area contributed by atoms with Crippen molar-refractivity contribution in [3.05, 3.63) is 23.9 Å². The van der Waals surface area contributed by atoms with Crippen LogP contribution < -0.4 is 10.6 Å². The monoisotopic (exact) mass is 203 g/mol. The lowest BCUT2D eigenvalue weighted by Gasteiger charge is -2.19. The second kappa shape index (κ2) is 2.79. The number of carbonyl (C=O) groups excluding carboxylic acids is 1. The minimum absolute atomic E-state index is 0.0139. The van der Waals surface area contributed by atoms with Gasteiger partial charge >= 0.3 is 0 Å². The third-order valence-corrected chi connectivity index (χ3v) is 3.45. The van der Waals surface area contributed by atoms with E-state index in [9.17, 15) is 4.79 Å². The van der Waals surface area contributed by atoms with Crippen molar-refractivity contribution in [3.8, 4) is 0 Å². The molecule has 0 spiro atoms. The maximum Gasteiger partial charge on any atom is 0.245 e. The van der Waals surface area contributed by atoms with E-state index in [2.05, 4.69) is 11.1 Å². The minimum Gasteiger partial charge on any atom is -0.320 e. The lowest BCUT2D eigenvalue weighted by molar-refractivity contribution is -0.119. The van der Waals surface area contributed by atoms with Crippen molar-refractivity contribution in [2.45, 2.75) is 18.4 Å². The van der Waals surface area contributed by atoms with Gasteiger partial charge in [-0.05, 0) is 29.9 Å². The van der Waals surface area contributed by atoms with Crippen LogP contribution in [0.15, 0.2) is 18.3 Å². The summed E-state index contributed by atoms with van der Waals surface area (Å²) in [6.45, 7) is 0. The summed E-state index contributed by atoms with van der Waals surface area (Å²) in [6.07, 6.45) is 2.75. The smallest absolute Gasteiger partial charge is 0.245 e. The Balaban J connectivity index is 2.14. The summed E-state index contributed by atoms with van der Waals surface area (Å²) in [5.74, 6) is 1.53. The van der Waals surface area contributed by atoms with Crippen LogP contribution in [0, 0.1) is 5.92 Å². The number of pyridine rings is 1. The topological polar surface area (TPSA) is 59.2 Å². The summed E-state index contributed by atoms with van der Waals surface area (Å²) in [4.78, 5) is 17.8. The highest BCUT2D eigenvalue weighted by Gasteiger charge is 2.50. The number of anilines is 1. The van der Waals surface area contributed by atoms with Gasteiger partial charge in [-0.1, -0.05) is 6.07 Å². The van der Waals surface area contributed by atoms with Gasteiger partial charge in [0.25, 0.3) is 0 Å². The molecule has 0 bridgehead atoms. The van der Waals surface area contributed by atoms with Gasteiger partial charge in [0, 0.05) is 13.2 Å². The highest BCUT2D eigenvalue weighted by atomic mass is 16.2. The maximum atomic E-state index is 11.9. The lowest BCUT2D eigenvalue weighted by atomic mass is 10.1. The normalized spacial score (nSPS) is 33.1. The van der Waals surface area contributed by atoms with Crippen LogP contribution in [0.1, 0.15) is 17.9 Å². The number of amides is 1. The first-order valence-corrected chi connectivity index (χ1v) is 5.18. The summed E-state index contributed by atoms with van der Waals surface area (Å²) in [7, 11) is 1.75. The molecule has 1 fully saturated rings.